The highest BCUT2D eigenvalue weighted by atomic mass is 16.6. The van der Waals surface area contributed by atoms with Gasteiger partial charge in [0.15, 0.2) is 0 Å². The van der Waals surface area contributed by atoms with Gasteiger partial charge in [-0.3, -0.25) is 19.8 Å². The van der Waals surface area contributed by atoms with Gasteiger partial charge in [0.05, 0.1) is 11.5 Å². The summed E-state index contributed by atoms with van der Waals surface area (Å²) in [4.78, 5) is 36.6. The zero-order chi connectivity index (χ0) is 17.3. The zero-order valence-electron chi connectivity index (χ0n) is 12.9. The Morgan fingerprint density at radius 3 is 2.50 bits per heavy atom. The van der Waals surface area contributed by atoms with E-state index in [1.165, 1.54) is 18.2 Å². The number of nitro groups is 1. The van der Waals surface area contributed by atoms with Crippen LogP contribution < -0.4 is 5.32 Å². The molecule has 0 radical (unpaired) electrons. The number of nitrogens with zero attached hydrogens (tertiary/aromatic N) is 2. The number of urea groups is 1. The van der Waals surface area contributed by atoms with E-state index >= 15 is 0 Å². The van der Waals surface area contributed by atoms with E-state index in [9.17, 15) is 19.7 Å². The number of hydrogen-bond donors (Lipinski definition) is 1. The van der Waals surface area contributed by atoms with Gasteiger partial charge in [0, 0.05) is 12.1 Å². The van der Waals surface area contributed by atoms with Gasteiger partial charge in [0.25, 0.3) is 11.6 Å². The summed E-state index contributed by atoms with van der Waals surface area (Å²) < 4.78 is 0. The molecule has 122 valence electrons. The molecule has 1 fully saturated rings. The summed E-state index contributed by atoms with van der Waals surface area (Å²) in [5.41, 5.74) is -0.245. The van der Waals surface area contributed by atoms with Crippen LogP contribution >= 0.6 is 0 Å². The zero-order valence-corrected chi connectivity index (χ0v) is 12.9. The molecular weight excluding hydrogens is 310 g/mol. The lowest BCUT2D eigenvalue weighted by Crippen LogP contribution is -2.40. The lowest BCUT2D eigenvalue weighted by Gasteiger charge is -2.22. The molecule has 1 saturated heterocycles. The molecule has 1 aliphatic rings. The van der Waals surface area contributed by atoms with Crippen molar-refractivity contribution < 1.29 is 14.5 Å². The number of imide groups is 1. The van der Waals surface area contributed by atoms with Crippen LogP contribution in [0.4, 0.5) is 10.5 Å². The van der Waals surface area contributed by atoms with Crippen LogP contribution in [0.15, 0.2) is 54.6 Å². The van der Waals surface area contributed by atoms with Crippen LogP contribution in [0.1, 0.15) is 18.1 Å². The summed E-state index contributed by atoms with van der Waals surface area (Å²) in [6, 6.07) is 14.4. The van der Waals surface area contributed by atoms with Crippen molar-refractivity contribution in [3.63, 3.8) is 0 Å². The molecule has 0 saturated carbocycles. The Labute approximate surface area is 138 Å². The smallest absolute Gasteiger partial charge is 0.319 e. The summed E-state index contributed by atoms with van der Waals surface area (Å²) in [5.74, 6) is -0.433. The third-order valence-corrected chi connectivity index (χ3v) is 4.09. The number of carbonyl (C=O) groups excluding carboxylic acids is 2. The molecule has 1 aliphatic heterocycles. The molecule has 7 heteroatoms. The molecule has 0 aliphatic carbocycles. The maximum Gasteiger partial charge on any atom is 0.325 e. The van der Waals surface area contributed by atoms with Crippen LogP contribution in [-0.2, 0) is 16.9 Å². The Bertz CT molecular complexity index is 822. The second-order valence-corrected chi connectivity index (χ2v) is 5.74. The first kappa shape index (κ1) is 15.7. The quantitative estimate of drug-likeness (QED) is 0.531. The summed E-state index contributed by atoms with van der Waals surface area (Å²) in [5, 5.41) is 13.6. The molecule has 1 N–H and O–H groups in total. The van der Waals surface area contributed by atoms with E-state index in [1.807, 2.05) is 30.3 Å². The van der Waals surface area contributed by atoms with E-state index in [0.717, 1.165) is 10.5 Å². The van der Waals surface area contributed by atoms with Gasteiger partial charge < -0.3 is 5.32 Å². The van der Waals surface area contributed by atoms with Crippen molar-refractivity contribution in [2.45, 2.75) is 19.0 Å². The first-order valence-corrected chi connectivity index (χ1v) is 7.35. The molecule has 2 aromatic carbocycles. The van der Waals surface area contributed by atoms with Gasteiger partial charge >= 0.3 is 6.03 Å². The minimum absolute atomic E-state index is 0.128. The molecule has 0 spiro atoms. The van der Waals surface area contributed by atoms with E-state index in [-0.39, 0.29) is 12.2 Å². The van der Waals surface area contributed by atoms with Crippen LogP contribution in [0.5, 0.6) is 0 Å². The lowest BCUT2D eigenvalue weighted by molar-refractivity contribution is -0.385. The van der Waals surface area contributed by atoms with E-state index in [2.05, 4.69) is 5.32 Å². The van der Waals surface area contributed by atoms with Gasteiger partial charge in [-0.1, -0.05) is 42.5 Å². The number of carbonyl (C=O) groups is 2. The van der Waals surface area contributed by atoms with Crippen molar-refractivity contribution in [1.82, 2.24) is 10.2 Å². The molecule has 7 nitrogen and oxygen atoms in total. The number of amides is 3. The summed E-state index contributed by atoms with van der Waals surface area (Å²) in [7, 11) is 0. The SMILES string of the molecule is CC1(c2cccc([N+](=O)[O-])c2)NC(=O)N(Cc2ccccc2)C1=O. The van der Waals surface area contributed by atoms with E-state index in [1.54, 1.807) is 13.0 Å². The summed E-state index contributed by atoms with van der Waals surface area (Å²) >= 11 is 0. The Hall–Kier alpha value is -3.22. The first-order chi connectivity index (χ1) is 11.4. The van der Waals surface area contributed by atoms with Gasteiger partial charge in [-0.05, 0) is 18.1 Å². The fraction of sp³-hybridized carbons (Fsp3) is 0.176. The molecule has 1 heterocycles. The predicted octanol–water partition coefficient (Wildman–Crippen LogP) is 2.56. The van der Waals surface area contributed by atoms with Crippen LogP contribution in [0, 0.1) is 10.1 Å². The van der Waals surface area contributed by atoms with Crippen LogP contribution in [-0.4, -0.2) is 21.8 Å². The highest BCUT2D eigenvalue weighted by Gasteiger charge is 2.49. The highest BCUT2D eigenvalue weighted by molar-refractivity contribution is 6.07. The van der Waals surface area contributed by atoms with Gasteiger partial charge in [-0.2, -0.15) is 0 Å². The normalized spacial score (nSPS) is 20.1. The predicted molar refractivity (Wildman–Crippen MR) is 86.0 cm³/mol. The molecule has 0 bridgehead atoms. The monoisotopic (exact) mass is 325 g/mol. The number of non-ortho nitro benzene ring substituents is 1. The average Bonchev–Trinajstić information content (AvgIpc) is 2.80. The van der Waals surface area contributed by atoms with Crippen molar-refractivity contribution in [2.24, 2.45) is 0 Å². The van der Waals surface area contributed by atoms with Crippen LogP contribution in [0.25, 0.3) is 0 Å². The highest BCUT2D eigenvalue weighted by Crippen LogP contribution is 2.31. The largest absolute Gasteiger partial charge is 0.325 e. The van der Waals surface area contributed by atoms with Gasteiger partial charge in [0.1, 0.15) is 5.54 Å². The van der Waals surface area contributed by atoms with Crippen molar-refractivity contribution in [2.75, 3.05) is 0 Å². The average molecular weight is 325 g/mol. The van der Waals surface area contributed by atoms with Gasteiger partial charge in [-0.15, -0.1) is 0 Å². The van der Waals surface area contributed by atoms with E-state index < -0.39 is 22.4 Å². The standard InChI is InChI=1S/C17H15N3O4/c1-17(13-8-5-9-14(10-13)20(23)24)15(21)19(16(22)18-17)11-12-6-3-2-4-7-12/h2-10H,11H2,1H3,(H,18,22). The second-order valence-electron chi connectivity index (χ2n) is 5.74. The maximum absolute atomic E-state index is 12.8. The number of benzene rings is 2. The molecule has 1 atom stereocenters. The Balaban J connectivity index is 1.92. The number of rotatable bonds is 4. The second kappa shape index (κ2) is 5.77. The van der Waals surface area contributed by atoms with Gasteiger partial charge in [-0.25, -0.2) is 4.79 Å². The minimum atomic E-state index is -1.32. The van der Waals surface area contributed by atoms with Crippen molar-refractivity contribution in [1.29, 1.82) is 0 Å². The fourth-order valence-electron chi connectivity index (χ4n) is 2.73. The number of nitro benzene ring substituents is 1. The van der Waals surface area contributed by atoms with Gasteiger partial charge in [0.2, 0.25) is 0 Å². The molecule has 24 heavy (non-hydrogen) atoms. The number of nitrogens with one attached hydrogen (secondary N) is 1. The summed E-state index contributed by atoms with van der Waals surface area (Å²) in [6.07, 6.45) is 0. The Morgan fingerprint density at radius 1 is 1.12 bits per heavy atom. The topological polar surface area (TPSA) is 92.6 Å². The van der Waals surface area contributed by atoms with Crippen LogP contribution in [0.3, 0.4) is 0 Å². The molecule has 3 amide bonds. The summed E-state index contributed by atoms with van der Waals surface area (Å²) in [6.45, 7) is 1.70. The van der Waals surface area contributed by atoms with E-state index in [4.69, 9.17) is 0 Å². The van der Waals surface area contributed by atoms with Crippen molar-refractivity contribution in [3.05, 3.63) is 75.8 Å². The van der Waals surface area contributed by atoms with Crippen molar-refractivity contribution in [3.8, 4) is 0 Å². The third kappa shape index (κ3) is 2.60. The lowest BCUT2D eigenvalue weighted by atomic mass is 9.91. The third-order valence-electron chi connectivity index (χ3n) is 4.09. The molecule has 3 rings (SSSR count). The molecule has 0 aromatic heterocycles. The Kier molecular flexibility index (Phi) is 3.76. The van der Waals surface area contributed by atoms with Crippen LogP contribution in [0.2, 0.25) is 0 Å². The number of hydrogen-bond acceptors (Lipinski definition) is 4. The molecule has 1 unspecified atom stereocenters. The van der Waals surface area contributed by atoms with E-state index in [0.29, 0.717) is 5.56 Å². The maximum atomic E-state index is 12.8. The minimum Gasteiger partial charge on any atom is -0.319 e. The molecular formula is C17H15N3O4. The fourth-order valence-corrected chi connectivity index (χ4v) is 2.73. The Morgan fingerprint density at radius 2 is 1.83 bits per heavy atom. The molecule has 2 aromatic rings. The first-order valence-electron chi connectivity index (χ1n) is 7.35. The van der Waals surface area contributed by atoms with Crippen molar-refractivity contribution >= 4 is 17.6 Å².